The van der Waals surface area contributed by atoms with E-state index in [2.05, 4.69) is 63.4 Å². The topological polar surface area (TPSA) is 0 Å². The highest BCUT2D eigenvalue weighted by atomic mass is 32.2. The number of fused-ring (bicyclic) bond motifs is 1. The lowest BCUT2D eigenvalue weighted by atomic mass is 9.95. The van der Waals surface area contributed by atoms with Gasteiger partial charge in [-0.05, 0) is 21.6 Å². The van der Waals surface area contributed by atoms with Gasteiger partial charge in [0.15, 0.2) is 0 Å². The second-order valence-corrected chi connectivity index (χ2v) is 7.46. The molecular weight excluding hydrogens is 208 g/mol. The third kappa shape index (κ3) is 1.92. The number of allylic oxidation sites excluding steroid dienone is 2. The Morgan fingerprint density at radius 3 is 2.29 bits per heavy atom. The van der Waals surface area contributed by atoms with Crippen molar-refractivity contribution in [3.63, 3.8) is 0 Å². The molecule has 78 valence electrons. The first-order valence-corrected chi connectivity index (χ1v) is 7.03. The lowest BCUT2D eigenvalue weighted by molar-refractivity contribution is 0.533. The van der Waals surface area contributed by atoms with Crippen LogP contribution in [-0.4, -0.2) is 10.5 Å². The monoisotopic (exact) mass is 226 g/mol. The molecule has 2 unspecified atom stereocenters. The van der Waals surface area contributed by atoms with Crippen LogP contribution in [0.1, 0.15) is 34.1 Å². The first-order chi connectivity index (χ1) is 6.50. The predicted molar refractivity (Wildman–Crippen MR) is 68.7 cm³/mol. The molecule has 0 saturated heterocycles. The number of hydrogen-bond acceptors (Lipinski definition) is 2. The minimum atomic E-state index is 0.343. The third-order valence-electron chi connectivity index (χ3n) is 2.63. The molecule has 0 aromatic rings. The Labute approximate surface area is 95.6 Å². The van der Waals surface area contributed by atoms with Gasteiger partial charge < -0.3 is 0 Å². The molecule has 0 N–H and O–H groups in total. The van der Waals surface area contributed by atoms with E-state index in [0.717, 1.165) is 10.5 Å². The maximum Gasteiger partial charge on any atom is 0.0439 e. The summed E-state index contributed by atoms with van der Waals surface area (Å²) in [6, 6.07) is 0. The van der Waals surface area contributed by atoms with Gasteiger partial charge in [0.05, 0.1) is 0 Å². The molecule has 0 amide bonds. The van der Waals surface area contributed by atoms with Crippen molar-refractivity contribution in [3.8, 4) is 0 Å². The number of hydrogen-bond donors (Lipinski definition) is 0. The number of thioether (sulfide) groups is 2. The van der Waals surface area contributed by atoms with Crippen molar-refractivity contribution in [2.75, 3.05) is 0 Å². The van der Waals surface area contributed by atoms with Gasteiger partial charge in [-0.25, -0.2) is 0 Å². The molecule has 0 saturated carbocycles. The van der Waals surface area contributed by atoms with Gasteiger partial charge in [-0.3, -0.25) is 0 Å². The van der Waals surface area contributed by atoms with E-state index in [1.165, 1.54) is 6.42 Å². The summed E-state index contributed by atoms with van der Waals surface area (Å²) in [5.41, 5.74) is 0.343. The fourth-order valence-corrected chi connectivity index (χ4v) is 4.73. The second-order valence-electron chi connectivity index (χ2n) is 4.93. The van der Waals surface area contributed by atoms with Gasteiger partial charge in [0, 0.05) is 10.5 Å². The van der Waals surface area contributed by atoms with Gasteiger partial charge in [0.25, 0.3) is 0 Å². The van der Waals surface area contributed by atoms with Crippen molar-refractivity contribution in [1.82, 2.24) is 0 Å². The van der Waals surface area contributed by atoms with Crippen molar-refractivity contribution in [2.24, 2.45) is 5.41 Å². The minimum Gasteiger partial charge on any atom is -0.122 e. The number of rotatable bonds is 1. The van der Waals surface area contributed by atoms with Gasteiger partial charge in [-0.2, -0.15) is 0 Å². The van der Waals surface area contributed by atoms with Crippen LogP contribution < -0.4 is 0 Å². The zero-order valence-electron chi connectivity index (χ0n) is 9.33. The second kappa shape index (κ2) is 3.64. The summed E-state index contributed by atoms with van der Waals surface area (Å²) in [6.07, 6.45) is 6.16. The Balaban J connectivity index is 2.09. The molecule has 2 aliphatic rings. The molecule has 2 aliphatic heterocycles. The molecule has 0 fully saturated rings. The lowest BCUT2D eigenvalue weighted by Crippen LogP contribution is -2.05. The Hall–Kier alpha value is 0.180. The average molecular weight is 226 g/mol. The predicted octanol–water partition coefficient (Wildman–Crippen LogP) is 4.44. The van der Waals surface area contributed by atoms with Gasteiger partial charge in [0.2, 0.25) is 0 Å². The van der Waals surface area contributed by atoms with E-state index in [9.17, 15) is 0 Å². The van der Waals surface area contributed by atoms with Gasteiger partial charge in [-0.15, -0.1) is 23.5 Å². The summed E-state index contributed by atoms with van der Waals surface area (Å²) in [6.45, 7) is 9.17. The van der Waals surface area contributed by atoms with Crippen molar-refractivity contribution >= 4 is 23.5 Å². The van der Waals surface area contributed by atoms with E-state index >= 15 is 0 Å². The molecule has 2 atom stereocenters. The molecular formula is C12H18S2. The van der Waals surface area contributed by atoms with Gasteiger partial charge in [0.1, 0.15) is 0 Å². The summed E-state index contributed by atoms with van der Waals surface area (Å²) in [5, 5.41) is 1.45. The summed E-state index contributed by atoms with van der Waals surface area (Å²) in [5.74, 6) is 0. The summed E-state index contributed by atoms with van der Waals surface area (Å²) < 4.78 is 0. The molecule has 2 rings (SSSR count). The van der Waals surface area contributed by atoms with Gasteiger partial charge >= 0.3 is 0 Å². The van der Waals surface area contributed by atoms with Crippen molar-refractivity contribution in [3.05, 3.63) is 22.0 Å². The summed E-state index contributed by atoms with van der Waals surface area (Å²) in [4.78, 5) is 3.16. The van der Waals surface area contributed by atoms with Crippen LogP contribution in [0.4, 0.5) is 0 Å². The Morgan fingerprint density at radius 2 is 1.79 bits per heavy atom. The van der Waals surface area contributed by atoms with Crippen LogP contribution in [0.25, 0.3) is 0 Å². The van der Waals surface area contributed by atoms with Crippen LogP contribution in [0.5, 0.6) is 0 Å². The first-order valence-electron chi connectivity index (χ1n) is 5.27. The van der Waals surface area contributed by atoms with E-state index in [1.807, 2.05) is 0 Å². The van der Waals surface area contributed by atoms with E-state index in [1.54, 1.807) is 9.81 Å². The maximum atomic E-state index is 2.49. The fourth-order valence-electron chi connectivity index (χ4n) is 1.75. The van der Waals surface area contributed by atoms with E-state index in [-0.39, 0.29) is 0 Å². The lowest BCUT2D eigenvalue weighted by Gasteiger charge is -2.20. The smallest absolute Gasteiger partial charge is 0.0439 e. The Kier molecular flexibility index (Phi) is 2.78. The molecule has 0 aromatic carbocycles. The highest BCUT2D eigenvalue weighted by Gasteiger charge is 2.36. The Bertz CT molecular complexity index is 294. The molecule has 0 bridgehead atoms. The van der Waals surface area contributed by atoms with Crippen molar-refractivity contribution in [2.45, 2.75) is 44.6 Å². The standard InChI is InChI=1S/C12H18S2/c1-5-8-6-9-10(13-8)7-11(14-9)12(2,3)4/h6-7,9-10H,5H2,1-4H3. The molecule has 2 heteroatoms. The van der Waals surface area contributed by atoms with E-state index < -0.39 is 0 Å². The SMILES string of the molecule is CCC1=CC2SC(C(C)(C)C)=CC2S1. The molecule has 0 aliphatic carbocycles. The highest BCUT2D eigenvalue weighted by molar-refractivity contribution is 8.09. The van der Waals surface area contributed by atoms with Crippen molar-refractivity contribution < 1.29 is 0 Å². The largest absolute Gasteiger partial charge is 0.122 e. The van der Waals surface area contributed by atoms with Crippen LogP contribution in [0.2, 0.25) is 0 Å². The molecule has 0 aromatic heterocycles. The first kappa shape index (κ1) is 10.7. The van der Waals surface area contributed by atoms with Crippen LogP contribution >= 0.6 is 23.5 Å². The minimum absolute atomic E-state index is 0.343. The zero-order chi connectivity index (χ0) is 10.3. The summed E-state index contributed by atoms with van der Waals surface area (Å²) in [7, 11) is 0. The highest BCUT2D eigenvalue weighted by Crippen LogP contribution is 2.52. The average Bonchev–Trinajstić information content (AvgIpc) is 2.56. The quantitative estimate of drug-likeness (QED) is 0.648. The molecule has 0 radical (unpaired) electrons. The Morgan fingerprint density at radius 1 is 1.14 bits per heavy atom. The zero-order valence-corrected chi connectivity index (χ0v) is 11.0. The molecule has 14 heavy (non-hydrogen) atoms. The molecule has 0 nitrogen and oxygen atoms in total. The van der Waals surface area contributed by atoms with Crippen LogP contribution in [-0.2, 0) is 0 Å². The van der Waals surface area contributed by atoms with Crippen molar-refractivity contribution in [1.29, 1.82) is 0 Å². The third-order valence-corrected chi connectivity index (χ3v) is 5.93. The van der Waals surface area contributed by atoms with Gasteiger partial charge in [-0.1, -0.05) is 39.8 Å². The molecule has 0 spiro atoms. The van der Waals surface area contributed by atoms with E-state index in [0.29, 0.717) is 5.41 Å². The van der Waals surface area contributed by atoms with Crippen LogP contribution in [0.15, 0.2) is 22.0 Å². The van der Waals surface area contributed by atoms with Crippen LogP contribution in [0, 0.1) is 5.41 Å². The molecule has 2 heterocycles. The van der Waals surface area contributed by atoms with E-state index in [4.69, 9.17) is 0 Å². The summed E-state index contributed by atoms with van der Waals surface area (Å²) >= 11 is 4.14. The normalized spacial score (nSPS) is 31.4. The fraction of sp³-hybridized carbons (Fsp3) is 0.667. The maximum absolute atomic E-state index is 2.49. The van der Waals surface area contributed by atoms with Crippen LogP contribution in [0.3, 0.4) is 0 Å².